The molecule has 64 valence electrons. The number of aryl methyl sites for hydroxylation is 1. The predicted molar refractivity (Wildman–Crippen MR) is 41.8 cm³/mol. The molecule has 2 heterocycles. The highest BCUT2D eigenvalue weighted by Crippen LogP contribution is 2.29. The largest absolute Gasteiger partial charge is 0.481 e. The Morgan fingerprint density at radius 2 is 2.67 bits per heavy atom. The standard InChI is InChI=1S/C8H10N2O2/c11-8(12)5-6-2-4-10-7(6)1-3-9-10/h1,3,6H,2,4-5H2,(H,11,12). The van der Waals surface area contributed by atoms with Gasteiger partial charge in [-0.05, 0) is 12.5 Å². The lowest BCUT2D eigenvalue weighted by Crippen LogP contribution is -2.02. The van der Waals surface area contributed by atoms with Gasteiger partial charge in [0.2, 0.25) is 0 Å². The summed E-state index contributed by atoms with van der Waals surface area (Å²) in [7, 11) is 0. The van der Waals surface area contributed by atoms with Crippen LogP contribution in [-0.4, -0.2) is 20.9 Å². The summed E-state index contributed by atoms with van der Waals surface area (Å²) in [5.74, 6) is -0.556. The van der Waals surface area contributed by atoms with Crippen molar-refractivity contribution in [3.63, 3.8) is 0 Å². The van der Waals surface area contributed by atoms with Gasteiger partial charge in [0.25, 0.3) is 0 Å². The van der Waals surface area contributed by atoms with Crippen LogP contribution in [0.5, 0.6) is 0 Å². The zero-order valence-electron chi connectivity index (χ0n) is 6.60. The maximum Gasteiger partial charge on any atom is 0.304 e. The molecule has 0 bridgehead atoms. The summed E-state index contributed by atoms with van der Waals surface area (Å²) in [5, 5.41) is 12.7. The lowest BCUT2D eigenvalue weighted by molar-refractivity contribution is -0.137. The van der Waals surface area contributed by atoms with Crippen LogP contribution in [0, 0.1) is 0 Å². The summed E-state index contributed by atoms with van der Waals surface area (Å²) in [5.41, 5.74) is 1.07. The van der Waals surface area contributed by atoms with Crippen molar-refractivity contribution in [1.29, 1.82) is 0 Å². The second kappa shape index (κ2) is 2.62. The van der Waals surface area contributed by atoms with Gasteiger partial charge < -0.3 is 5.11 Å². The van der Waals surface area contributed by atoms with Crippen molar-refractivity contribution in [2.45, 2.75) is 25.3 Å². The van der Waals surface area contributed by atoms with E-state index >= 15 is 0 Å². The van der Waals surface area contributed by atoms with E-state index in [1.165, 1.54) is 0 Å². The maximum absolute atomic E-state index is 10.5. The molecule has 1 atom stereocenters. The van der Waals surface area contributed by atoms with E-state index in [1.807, 2.05) is 10.7 Å². The summed E-state index contributed by atoms with van der Waals surface area (Å²) in [6.07, 6.45) is 2.87. The van der Waals surface area contributed by atoms with E-state index in [4.69, 9.17) is 5.11 Å². The summed E-state index contributed by atoms with van der Waals surface area (Å²) >= 11 is 0. The molecule has 1 aliphatic heterocycles. The van der Waals surface area contributed by atoms with E-state index in [2.05, 4.69) is 5.10 Å². The Balaban J connectivity index is 2.17. The molecule has 0 amide bonds. The van der Waals surface area contributed by atoms with Gasteiger partial charge in [-0.1, -0.05) is 0 Å². The summed E-state index contributed by atoms with van der Waals surface area (Å²) in [6, 6.07) is 1.90. The first-order valence-electron chi connectivity index (χ1n) is 4.01. The Kier molecular flexibility index (Phi) is 1.60. The van der Waals surface area contributed by atoms with Crippen LogP contribution in [0.2, 0.25) is 0 Å². The zero-order chi connectivity index (χ0) is 8.55. The van der Waals surface area contributed by atoms with Crippen molar-refractivity contribution in [2.75, 3.05) is 0 Å². The molecule has 0 fully saturated rings. The molecule has 0 saturated carbocycles. The van der Waals surface area contributed by atoms with Crippen LogP contribution >= 0.6 is 0 Å². The zero-order valence-corrected chi connectivity index (χ0v) is 6.60. The Morgan fingerprint density at radius 3 is 3.42 bits per heavy atom. The molecule has 0 radical (unpaired) electrons. The average Bonchev–Trinajstić information content (AvgIpc) is 2.52. The highest BCUT2D eigenvalue weighted by Gasteiger charge is 2.24. The predicted octanol–water partition coefficient (Wildman–Crippen LogP) is 0.845. The maximum atomic E-state index is 10.5. The topological polar surface area (TPSA) is 55.1 Å². The Bertz CT molecular complexity index is 306. The fourth-order valence-corrected chi connectivity index (χ4v) is 1.72. The van der Waals surface area contributed by atoms with Gasteiger partial charge in [0.15, 0.2) is 0 Å². The number of hydrogen-bond acceptors (Lipinski definition) is 2. The average molecular weight is 166 g/mol. The third kappa shape index (κ3) is 1.09. The van der Waals surface area contributed by atoms with Gasteiger partial charge in [-0.3, -0.25) is 9.48 Å². The van der Waals surface area contributed by atoms with Crippen LogP contribution in [0.4, 0.5) is 0 Å². The van der Waals surface area contributed by atoms with E-state index in [0.29, 0.717) is 0 Å². The van der Waals surface area contributed by atoms with Crippen LogP contribution in [0.25, 0.3) is 0 Å². The molecular formula is C8H10N2O2. The lowest BCUT2D eigenvalue weighted by Gasteiger charge is -2.02. The first kappa shape index (κ1) is 7.34. The molecule has 1 N–H and O–H groups in total. The van der Waals surface area contributed by atoms with Crippen molar-refractivity contribution < 1.29 is 9.90 Å². The van der Waals surface area contributed by atoms with Gasteiger partial charge in [0.05, 0.1) is 6.42 Å². The number of hydrogen-bond donors (Lipinski definition) is 1. The normalized spacial score (nSPS) is 20.8. The molecule has 1 aromatic heterocycles. The third-order valence-electron chi connectivity index (χ3n) is 2.28. The number of rotatable bonds is 2. The highest BCUT2D eigenvalue weighted by molar-refractivity contribution is 5.68. The van der Waals surface area contributed by atoms with Crippen LogP contribution in [0.3, 0.4) is 0 Å². The minimum atomic E-state index is -0.727. The van der Waals surface area contributed by atoms with E-state index in [0.717, 1.165) is 18.7 Å². The van der Waals surface area contributed by atoms with Crippen molar-refractivity contribution in [3.05, 3.63) is 18.0 Å². The number of aromatic nitrogens is 2. The number of aliphatic carboxylic acids is 1. The minimum Gasteiger partial charge on any atom is -0.481 e. The molecule has 12 heavy (non-hydrogen) atoms. The number of carboxylic acids is 1. The highest BCUT2D eigenvalue weighted by atomic mass is 16.4. The second-order valence-electron chi connectivity index (χ2n) is 3.06. The Hall–Kier alpha value is -1.32. The van der Waals surface area contributed by atoms with Gasteiger partial charge in [-0.25, -0.2) is 0 Å². The fraction of sp³-hybridized carbons (Fsp3) is 0.500. The van der Waals surface area contributed by atoms with Crippen molar-refractivity contribution in [3.8, 4) is 0 Å². The molecule has 0 aromatic carbocycles. The van der Waals surface area contributed by atoms with E-state index in [-0.39, 0.29) is 12.3 Å². The van der Waals surface area contributed by atoms with Crippen molar-refractivity contribution in [2.24, 2.45) is 0 Å². The number of carbonyl (C=O) groups is 1. The summed E-state index contributed by atoms with van der Waals surface area (Å²) in [6.45, 7) is 0.861. The van der Waals surface area contributed by atoms with Gasteiger partial charge in [0.1, 0.15) is 0 Å². The SMILES string of the molecule is O=C(O)CC1CCn2nccc21. The first-order chi connectivity index (χ1) is 5.77. The monoisotopic (exact) mass is 166 g/mol. The molecular weight excluding hydrogens is 156 g/mol. The molecule has 2 rings (SSSR count). The van der Waals surface area contributed by atoms with Crippen LogP contribution in [-0.2, 0) is 11.3 Å². The van der Waals surface area contributed by atoms with Crippen molar-refractivity contribution >= 4 is 5.97 Å². The molecule has 4 heteroatoms. The quantitative estimate of drug-likeness (QED) is 0.708. The summed E-state index contributed by atoms with van der Waals surface area (Å²) < 4.78 is 1.88. The Labute approximate surface area is 69.8 Å². The van der Waals surface area contributed by atoms with Crippen LogP contribution in [0.1, 0.15) is 24.5 Å². The van der Waals surface area contributed by atoms with E-state index in [1.54, 1.807) is 6.20 Å². The molecule has 1 unspecified atom stereocenters. The van der Waals surface area contributed by atoms with Gasteiger partial charge >= 0.3 is 5.97 Å². The molecule has 1 aliphatic rings. The van der Waals surface area contributed by atoms with Gasteiger partial charge in [-0.2, -0.15) is 5.10 Å². The molecule has 1 aromatic rings. The van der Waals surface area contributed by atoms with E-state index < -0.39 is 5.97 Å². The second-order valence-corrected chi connectivity index (χ2v) is 3.06. The number of nitrogens with zero attached hydrogens (tertiary/aromatic N) is 2. The smallest absolute Gasteiger partial charge is 0.304 e. The Morgan fingerprint density at radius 1 is 1.83 bits per heavy atom. The molecule has 0 spiro atoms. The minimum absolute atomic E-state index is 0.171. The number of fused-ring (bicyclic) bond motifs is 1. The van der Waals surface area contributed by atoms with Gasteiger partial charge in [0, 0.05) is 24.4 Å². The molecule has 0 aliphatic carbocycles. The van der Waals surface area contributed by atoms with Crippen molar-refractivity contribution in [1.82, 2.24) is 9.78 Å². The van der Waals surface area contributed by atoms with E-state index in [9.17, 15) is 4.79 Å². The molecule has 0 saturated heterocycles. The van der Waals surface area contributed by atoms with Crippen LogP contribution < -0.4 is 0 Å². The van der Waals surface area contributed by atoms with Crippen LogP contribution in [0.15, 0.2) is 12.3 Å². The summed E-state index contributed by atoms with van der Waals surface area (Å²) in [4.78, 5) is 10.5. The fourth-order valence-electron chi connectivity index (χ4n) is 1.72. The molecule has 4 nitrogen and oxygen atoms in total. The third-order valence-corrected chi connectivity index (χ3v) is 2.28. The number of carboxylic acid groups (broad SMARTS) is 1. The first-order valence-corrected chi connectivity index (χ1v) is 4.01. The van der Waals surface area contributed by atoms with Gasteiger partial charge in [-0.15, -0.1) is 0 Å². The lowest BCUT2D eigenvalue weighted by atomic mass is 10.0.